The zero-order chi connectivity index (χ0) is 41.7. The van der Waals surface area contributed by atoms with E-state index in [0.29, 0.717) is 17.5 Å². The van der Waals surface area contributed by atoms with E-state index in [0.717, 1.165) is 55.3 Å². The fourth-order valence-corrected chi connectivity index (χ4v) is 14.3. The minimum Gasteiger partial charge on any atom is -0.454 e. The van der Waals surface area contributed by atoms with E-state index in [1.54, 1.807) is 12.4 Å². The van der Waals surface area contributed by atoms with E-state index in [-0.39, 0.29) is 0 Å². The summed E-state index contributed by atoms with van der Waals surface area (Å²) in [5.74, 6) is 1.71. The van der Waals surface area contributed by atoms with Gasteiger partial charge in [0.2, 0.25) is 0 Å². The van der Waals surface area contributed by atoms with Crippen molar-refractivity contribution in [3.8, 4) is 39.9 Å². The zero-order valence-electron chi connectivity index (χ0n) is 34.0. The van der Waals surface area contributed by atoms with Crippen LogP contribution in [0.4, 0.5) is 0 Å². The van der Waals surface area contributed by atoms with Crippen molar-refractivity contribution in [2.75, 3.05) is 0 Å². The van der Waals surface area contributed by atoms with Crippen LogP contribution in [0, 0.1) is 0 Å². The Labute approximate surface area is 364 Å². The molecular weight excluding hydrogens is 787 g/mol. The van der Waals surface area contributed by atoms with E-state index in [4.69, 9.17) is 19.4 Å². The lowest BCUT2D eigenvalue weighted by molar-refractivity contribution is 0.667. The molecule has 6 nitrogen and oxygen atoms in total. The van der Waals surface area contributed by atoms with Gasteiger partial charge in [0.1, 0.15) is 5.58 Å². The summed E-state index contributed by atoms with van der Waals surface area (Å²) in [6.45, 7) is 0. The first-order valence-corrected chi connectivity index (χ1v) is 23.1. The van der Waals surface area contributed by atoms with Gasteiger partial charge in [-0.1, -0.05) is 170 Å². The minimum absolute atomic E-state index is 0.551. The molecule has 0 aliphatic rings. The van der Waals surface area contributed by atoms with Crippen LogP contribution in [0.25, 0.3) is 83.6 Å². The number of nitrogens with zero attached hydrogens (tertiary/aromatic N) is 5. The summed E-state index contributed by atoms with van der Waals surface area (Å²) in [6, 6.07) is 75.6. The molecule has 4 heterocycles. The highest BCUT2D eigenvalue weighted by molar-refractivity contribution is 7.19. The lowest BCUT2D eigenvalue weighted by atomic mass is 10.1. The molecule has 12 rings (SSSR count). The van der Waals surface area contributed by atoms with Crippen LogP contribution >= 0.6 is 0 Å². The van der Waals surface area contributed by atoms with Crippen LogP contribution in [-0.4, -0.2) is 32.6 Å². The number of rotatable bonds is 8. The Bertz CT molecular complexity index is 3490. The van der Waals surface area contributed by atoms with Crippen LogP contribution in [0.2, 0.25) is 0 Å². The fourth-order valence-electron chi connectivity index (χ4n) is 9.52. The van der Waals surface area contributed by atoms with Gasteiger partial charge in [0.25, 0.3) is 0 Å². The molecule has 0 aliphatic heterocycles. The topological polar surface area (TPSA) is 69.6 Å². The van der Waals surface area contributed by atoms with Gasteiger partial charge in [-0.2, -0.15) is 0 Å². The number of benzene rings is 8. The molecule has 0 unspecified atom stereocenters. The van der Waals surface area contributed by atoms with Crippen molar-refractivity contribution in [3.05, 3.63) is 225 Å². The molecule has 8 aromatic carbocycles. The second kappa shape index (κ2) is 15.0. The fraction of sp³-hybridized carbons (Fsp3) is 0. The molecule has 0 aliphatic carbocycles. The molecular formula is C56H37N5OSi. The number of hydrogen-bond acceptors (Lipinski definition) is 5. The maximum atomic E-state index is 6.34. The standard InChI is InChI=1S/C56H37N5OSi/c1-4-18-40(19-5-1)63(41-20-6-2-7-21-41,42-22-8-3-9-23-42)43-24-16-17-38(35-43)54-58-55(39-31-32-46-47-33-34-57-37-53(47)62-52(46)36-39)60-56(59-54)48-27-12-15-30-51(48)61-49-28-13-10-25-44(49)45-26-11-14-29-50(45)61/h1-37H. The van der Waals surface area contributed by atoms with E-state index in [2.05, 4.69) is 210 Å². The van der Waals surface area contributed by atoms with Gasteiger partial charge in [-0.25, -0.2) is 15.0 Å². The van der Waals surface area contributed by atoms with Gasteiger partial charge in [-0.05, 0) is 63.2 Å². The Morgan fingerprint density at radius 2 is 0.905 bits per heavy atom. The molecule has 0 fully saturated rings. The summed E-state index contributed by atoms with van der Waals surface area (Å²) in [5.41, 5.74) is 7.31. The van der Waals surface area contributed by atoms with Gasteiger partial charge in [0.05, 0.1) is 22.9 Å². The summed E-state index contributed by atoms with van der Waals surface area (Å²) >= 11 is 0. The Kier molecular flexibility index (Phi) is 8.72. The normalized spacial score (nSPS) is 11.8. The van der Waals surface area contributed by atoms with Crippen LogP contribution in [-0.2, 0) is 0 Å². The average molecular weight is 824 g/mol. The van der Waals surface area contributed by atoms with Crippen LogP contribution in [0.15, 0.2) is 229 Å². The summed E-state index contributed by atoms with van der Waals surface area (Å²) in [5, 5.41) is 9.53. The third-order valence-electron chi connectivity index (χ3n) is 12.3. The van der Waals surface area contributed by atoms with Crippen LogP contribution < -0.4 is 20.7 Å². The highest BCUT2D eigenvalue weighted by Gasteiger charge is 2.41. The van der Waals surface area contributed by atoms with Crippen molar-refractivity contribution in [1.82, 2.24) is 24.5 Å². The number of pyridine rings is 1. The molecule has 0 saturated carbocycles. The quantitative estimate of drug-likeness (QED) is 0.113. The van der Waals surface area contributed by atoms with Gasteiger partial charge in [0.15, 0.2) is 31.1 Å². The zero-order valence-corrected chi connectivity index (χ0v) is 35.0. The maximum Gasteiger partial charge on any atom is 0.179 e. The van der Waals surface area contributed by atoms with Crippen molar-refractivity contribution >= 4 is 72.6 Å². The number of aromatic nitrogens is 5. The monoisotopic (exact) mass is 823 g/mol. The lowest BCUT2D eigenvalue weighted by Crippen LogP contribution is -2.74. The summed E-state index contributed by atoms with van der Waals surface area (Å²) in [4.78, 5) is 20.4. The van der Waals surface area contributed by atoms with Crippen molar-refractivity contribution in [1.29, 1.82) is 0 Å². The van der Waals surface area contributed by atoms with Gasteiger partial charge in [-0.3, -0.25) is 4.98 Å². The average Bonchev–Trinajstić information content (AvgIpc) is 3.91. The third kappa shape index (κ3) is 6.01. The summed E-state index contributed by atoms with van der Waals surface area (Å²) < 4.78 is 8.67. The predicted octanol–water partition coefficient (Wildman–Crippen LogP) is 10.6. The molecule has 0 bridgehead atoms. The number of hydrogen-bond donors (Lipinski definition) is 0. The lowest BCUT2D eigenvalue weighted by Gasteiger charge is -2.34. The summed E-state index contributed by atoms with van der Waals surface area (Å²) in [7, 11) is -2.86. The van der Waals surface area contributed by atoms with E-state index in [1.165, 1.54) is 31.5 Å². The smallest absolute Gasteiger partial charge is 0.179 e. The van der Waals surface area contributed by atoms with E-state index in [9.17, 15) is 0 Å². The molecule has 4 aromatic heterocycles. The molecule has 63 heavy (non-hydrogen) atoms. The highest BCUT2D eigenvalue weighted by Crippen LogP contribution is 2.37. The van der Waals surface area contributed by atoms with Crippen molar-refractivity contribution in [2.45, 2.75) is 0 Å². The Morgan fingerprint density at radius 1 is 0.381 bits per heavy atom. The number of fused-ring (bicyclic) bond motifs is 6. The first kappa shape index (κ1) is 36.6. The molecule has 12 aromatic rings. The van der Waals surface area contributed by atoms with Crippen LogP contribution in [0.5, 0.6) is 0 Å². The Morgan fingerprint density at radius 3 is 1.56 bits per heavy atom. The number of para-hydroxylation sites is 3. The highest BCUT2D eigenvalue weighted by atomic mass is 28.3. The second-order valence-electron chi connectivity index (χ2n) is 15.8. The van der Waals surface area contributed by atoms with Gasteiger partial charge >= 0.3 is 0 Å². The molecule has 0 atom stereocenters. The largest absolute Gasteiger partial charge is 0.454 e. The Hall–Kier alpha value is -8.26. The van der Waals surface area contributed by atoms with E-state index < -0.39 is 8.07 Å². The molecule has 0 saturated heterocycles. The van der Waals surface area contributed by atoms with E-state index in [1.807, 2.05) is 12.1 Å². The molecule has 0 radical (unpaired) electrons. The molecule has 0 N–H and O–H groups in total. The van der Waals surface area contributed by atoms with Gasteiger partial charge in [-0.15, -0.1) is 0 Å². The van der Waals surface area contributed by atoms with Gasteiger partial charge in [0, 0.05) is 44.4 Å². The van der Waals surface area contributed by atoms with Crippen molar-refractivity contribution < 1.29 is 4.42 Å². The number of furan rings is 1. The maximum absolute atomic E-state index is 6.34. The molecule has 0 amide bonds. The van der Waals surface area contributed by atoms with Crippen LogP contribution in [0.1, 0.15) is 0 Å². The molecule has 7 heteroatoms. The first-order chi connectivity index (χ1) is 31.2. The van der Waals surface area contributed by atoms with Crippen molar-refractivity contribution in [2.24, 2.45) is 0 Å². The second-order valence-corrected chi connectivity index (χ2v) is 19.6. The minimum atomic E-state index is -2.86. The Balaban J connectivity index is 1.11. The van der Waals surface area contributed by atoms with E-state index >= 15 is 0 Å². The SMILES string of the molecule is c1ccc([Si](c2ccccc2)(c2ccccc2)c2cccc(-c3nc(-c4ccc5c(c4)oc4cnccc45)nc(-c4ccccc4-n4c5ccccc5c5ccccc54)n3)c2)cc1. The van der Waals surface area contributed by atoms with Crippen molar-refractivity contribution in [3.63, 3.8) is 0 Å². The van der Waals surface area contributed by atoms with Crippen LogP contribution in [0.3, 0.4) is 0 Å². The third-order valence-corrected chi connectivity index (χ3v) is 17.1. The predicted molar refractivity (Wildman–Crippen MR) is 259 cm³/mol. The molecule has 0 spiro atoms. The van der Waals surface area contributed by atoms with Gasteiger partial charge < -0.3 is 8.98 Å². The molecule has 296 valence electrons. The first-order valence-electron chi connectivity index (χ1n) is 21.1. The summed E-state index contributed by atoms with van der Waals surface area (Å²) in [6.07, 6.45) is 3.56.